The number of amides is 1. The first kappa shape index (κ1) is 23.5. The number of aliphatic hydroxyl groups is 2. The Hall–Kier alpha value is -2.90. The Morgan fingerprint density at radius 1 is 1.19 bits per heavy atom. The van der Waals surface area contributed by atoms with Gasteiger partial charge in [0.25, 0.3) is 5.91 Å². The number of benzene rings is 1. The predicted molar refractivity (Wildman–Crippen MR) is 136 cm³/mol. The molecule has 0 saturated heterocycles. The minimum absolute atomic E-state index is 0.00777. The highest BCUT2D eigenvalue weighted by atomic mass is 16.3. The average Bonchev–Trinajstić information content (AvgIpc) is 3.05. The summed E-state index contributed by atoms with van der Waals surface area (Å²) < 4.78 is 0. The lowest BCUT2D eigenvalue weighted by Gasteiger charge is -2.59. The summed E-state index contributed by atoms with van der Waals surface area (Å²) in [5, 5.41) is 26.6. The number of aliphatic hydroxyl groups excluding tert-OH is 1. The lowest BCUT2D eigenvalue weighted by molar-refractivity contribution is -0.179. The number of ketones is 1. The van der Waals surface area contributed by atoms with Gasteiger partial charge in [-0.25, -0.2) is 4.98 Å². The Morgan fingerprint density at radius 3 is 2.72 bits per heavy atom. The van der Waals surface area contributed by atoms with Crippen LogP contribution in [0.25, 0.3) is 11.0 Å². The van der Waals surface area contributed by atoms with Crippen molar-refractivity contribution in [2.45, 2.75) is 58.2 Å². The van der Waals surface area contributed by atoms with Crippen molar-refractivity contribution in [3.05, 3.63) is 54.3 Å². The topological polar surface area (TPSA) is 112 Å². The van der Waals surface area contributed by atoms with E-state index >= 15 is 0 Å². The van der Waals surface area contributed by atoms with Crippen LogP contribution in [0.1, 0.15) is 46.5 Å². The molecule has 3 fully saturated rings. The van der Waals surface area contributed by atoms with Crippen LogP contribution in [0.15, 0.2) is 54.3 Å². The lowest BCUT2D eigenvalue weighted by Crippen LogP contribution is -2.63. The summed E-state index contributed by atoms with van der Waals surface area (Å²) in [5.41, 5.74) is -0.355. The minimum atomic E-state index is -1.66. The number of aromatic nitrogens is 2. The van der Waals surface area contributed by atoms with Gasteiger partial charge in [0.15, 0.2) is 17.2 Å². The molecular weight excluding hydrogens is 454 g/mol. The average molecular weight is 488 g/mol. The van der Waals surface area contributed by atoms with Gasteiger partial charge in [-0.1, -0.05) is 44.6 Å². The molecule has 1 aromatic carbocycles. The zero-order valence-electron chi connectivity index (χ0n) is 20.9. The number of hydrogen-bond donors (Lipinski definition) is 3. The molecule has 6 rings (SSSR count). The molecule has 0 spiro atoms. The molecule has 188 valence electrons. The third-order valence-corrected chi connectivity index (χ3v) is 10.1. The molecule has 0 radical (unpaired) electrons. The van der Waals surface area contributed by atoms with Gasteiger partial charge >= 0.3 is 0 Å². The standard InChI is InChI=1S/C29H33N3O4/c1-16-12-20-19-9-8-17-13-18(33)10-11-27(17,2)25(19)23(34)14-28(20,3)29(16,36)26(35)32-24-15-30-21-6-4-5-7-22(21)31-24/h4-7,10-11,13,15-16,19-20,23,25,34,36H,8-9,12,14H2,1-3H3,(H,31,32,35)/t16-,19?,20?,23+,25?,27?,28?,29+/m1/s1. The van der Waals surface area contributed by atoms with E-state index < -0.39 is 23.0 Å². The van der Waals surface area contributed by atoms with Crippen molar-refractivity contribution in [3.8, 4) is 0 Å². The Balaban J connectivity index is 1.33. The van der Waals surface area contributed by atoms with E-state index in [-0.39, 0.29) is 34.9 Å². The highest BCUT2D eigenvalue weighted by Gasteiger charge is 2.70. The third-order valence-electron chi connectivity index (χ3n) is 10.1. The van der Waals surface area contributed by atoms with E-state index in [1.165, 1.54) is 6.20 Å². The smallest absolute Gasteiger partial charge is 0.258 e. The number of nitrogens with one attached hydrogen (secondary N) is 1. The van der Waals surface area contributed by atoms with Gasteiger partial charge < -0.3 is 15.5 Å². The maximum atomic E-state index is 13.8. The van der Waals surface area contributed by atoms with Crippen molar-refractivity contribution in [3.63, 3.8) is 0 Å². The Morgan fingerprint density at radius 2 is 1.94 bits per heavy atom. The van der Waals surface area contributed by atoms with E-state index in [0.29, 0.717) is 24.2 Å². The number of allylic oxidation sites excluding steroid dienone is 4. The normalized spacial score (nSPS) is 41.3. The second-order valence-corrected chi connectivity index (χ2v) is 11.8. The predicted octanol–water partition coefficient (Wildman–Crippen LogP) is 3.82. The first-order valence-corrected chi connectivity index (χ1v) is 13.0. The van der Waals surface area contributed by atoms with Gasteiger partial charge in [0, 0.05) is 16.7 Å². The highest BCUT2D eigenvalue weighted by Crippen LogP contribution is 2.68. The number of fused-ring (bicyclic) bond motifs is 6. The molecule has 36 heavy (non-hydrogen) atoms. The largest absolute Gasteiger partial charge is 0.393 e. The summed E-state index contributed by atoms with van der Waals surface area (Å²) in [6.45, 7) is 6.03. The summed E-state index contributed by atoms with van der Waals surface area (Å²) in [7, 11) is 0. The molecule has 2 aromatic rings. The molecule has 3 N–H and O–H groups in total. The van der Waals surface area contributed by atoms with Gasteiger partial charge in [-0.3, -0.25) is 14.6 Å². The van der Waals surface area contributed by atoms with Crippen molar-refractivity contribution < 1.29 is 19.8 Å². The van der Waals surface area contributed by atoms with Crippen LogP contribution in [-0.2, 0) is 9.59 Å². The van der Waals surface area contributed by atoms with Gasteiger partial charge in [0.2, 0.25) is 0 Å². The molecular formula is C29H33N3O4. The number of carbonyl (C=O) groups is 2. The van der Waals surface area contributed by atoms with E-state index in [1.54, 1.807) is 12.2 Å². The van der Waals surface area contributed by atoms with E-state index in [9.17, 15) is 19.8 Å². The zero-order valence-corrected chi connectivity index (χ0v) is 20.9. The van der Waals surface area contributed by atoms with Gasteiger partial charge in [-0.2, -0.15) is 0 Å². The maximum absolute atomic E-state index is 13.8. The van der Waals surface area contributed by atoms with Crippen LogP contribution in [-0.4, -0.2) is 43.6 Å². The molecule has 4 aliphatic rings. The first-order chi connectivity index (χ1) is 17.1. The molecule has 7 nitrogen and oxygen atoms in total. The molecule has 8 atom stereocenters. The van der Waals surface area contributed by atoms with Crippen LogP contribution < -0.4 is 5.32 Å². The van der Waals surface area contributed by atoms with E-state index in [1.807, 2.05) is 44.2 Å². The van der Waals surface area contributed by atoms with Crippen LogP contribution in [0.3, 0.4) is 0 Å². The lowest BCUT2D eigenvalue weighted by atomic mass is 9.46. The fraction of sp³-hybridized carbons (Fsp3) is 0.517. The number of nitrogens with zero attached hydrogens (tertiary/aromatic N) is 2. The van der Waals surface area contributed by atoms with Crippen LogP contribution in [0.2, 0.25) is 0 Å². The Bertz CT molecular complexity index is 1340. The molecule has 0 bridgehead atoms. The third kappa shape index (κ3) is 3.05. The molecule has 1 amide bonds. The zero-order chi connectivity index (χ0) is 25.5. The summed E-state index contributed by atoms with van der Waals surface area (Å²) in [5.74, 6) is -0.303. The van der Waals surface area contributed by atoms with Crippen molar-refractivity contribution in [2.24, 2.45) is 34.5 Å². The number of carbonyl (C=O) groups excluding carboxylic acids is 2. The minimum Gasteiger partial charge on any atom is -0.393 e. The number of rotatable bonds is 2. The maximum Gasteiger partial charge on any atom is 0.258 e. The molecule has 0 aliphatic heterocycles. The van der Waals surface area contributed by atoms with Gasteiger partial charge in [-0.05, 0) is 67.7 Å². The Labute approximate surface area is 210 Å². The SMILES string of the molecule is C[C@@H]1CC2C3CCC4=CC(=O)C=CC4(C)C3[C@@H](O)CC2(C)[C@@]1(O)C(=O)Nc1cnc2ccccc2n1. The first-order valence-electron chi connectivity index (χ1n) is 13.0. The van der Waals surface area contributed by atoms with Crippen molar-refractivity contribution in [2.75, 3.05) is 5.32 Å². The van der Waals surface area contributed by atoms with Crippen LogP contribution in [0, 0.1) is 34.5 Å². The van der Waals surface area contributed by atoms with Crippen molar-refractivity contribution in [1.29, 1.82) is 0 Å². The Kier molecular flexibility index (Phi) is 5.09. The second-order valence-electron chi connectivity index (χ2n) is 11.8. The van der Waals surface area contributed by atoms with Gasteiger partial charge in [0.1, 0.15) is 0 Å². The molecule has 3 saturated carbocycles. The summed E-state index contributed by atoms with van der Waals surface area (Å²) in [4.78, 5) is 34.7. The molecule has 7 heteroatoms. The number of para-hydroxylation sites is 2. The van der Waals surface area contributed by atoms with Crippen LogP contribution in [0.5, 0.6) is 0 Å². The highest BCUT2D eigenvalue weighted by molar-refractivity contribution is 6.01. The fourth-order valence-electron chi connectivity index (χ4n) is 8.37. The molecule has 1 heterocycles. The summed E-state index contributed by atoms with van der Waals surface area (Å²) >= 11 is 0. The van der Waals surface area contributed by atoms with E-state index in [4.69, 9.17) is 0 Å². The van der Waals surface area contributed by atoms with E-state index in [2.05, 4.69) is 22.2 Å². The number of hydrogen-bond acceptors (Lipinski definition) is 6. The van der Waals surface area contributed by atoms with E-state index in [0.717, 1.165) is 23.9 Å². The summed E-state index contributed by atoms with van der Waals surface area (Å²) in [6.07, 6.45) is 8.80. The van der Waals surface area contributed by atoms with Crippen LogP contribution >= 0.6 is 0 Å². The molecule has 4 aliphatic carbocycles. The van der Waals surface area contributed by atoms with Crippen LogP contribution in [0.4, 0.5) is 5.82 Å². The summed E-state index contributed by atoms with van der Waals surface area (Å²) in [6, 6.07) is 7.43. The molecule has 1 aromatic heterocycles. The monoisotopic (exact) mass is 487 g/mol. The quantitative estimate of drug-likeness (QED) is 0.594. The van der Waals surface area contributed by atoms with Gasteiger partial charge in [0.05, 0.1) is 23.3 Å². The number of anilines is 1. The van der Waals surface area contributed by atoms with Crippen molar-refractivity contribution in [1.82, 2.24) is 9.97 Å². The second kappa shape index (κ2) is 7.80. The van der Waals surface area contributed by atoms with Gasteiger partial charge in [-0.15, -0.1) is 0 Å². The molecule has 5 unspecified atom stereocenters. The fourth-order valence-corrected chi connectivity index (χ4v) is 8.37. The van der Waals surface area contributed by atoms with Crippen molar-refractivity contribution >= 4 is 28.5 Å².